The van der Waals surface area contributed by atoms with Crippen LogP contribution in [0.15, 0.2) is 18.2 Å². The SMILES string of the molecule is COc1ccc(C(N)CC2OCCO2)cc1F. The van der Waals surface area contributed by atoms with E-state index in [2.05, 4.69) is 0 Å². The molecule has 94 valence electrons. The fourth-order valence-corrected chi connectivity index (χ4v) is 1.80. The van der Waals surface area contributed by atoms with Gasteiger partial charge in [-0.25, -0.2) is 4.39 Å². The van der Waals surface area contributed by atoms with Gasteiger partial charge in [-0.3, -0.25) is 0 Å². The summed E-state index contributed by atoms with van der Waals surface area (Å²) in [5.74, 6) is -0.192. The fraction of sp³-hybridized carbons (Fsp3) is 0.500. The van der Waals surface area contributed by atoms with E-state index in [0.29, 0.717) is 25.2 Å². The van der Waals surface area contributed by atoms with Crippen molar-refractivity contribution in [2.24, 2.45) is 5.73 Å². The molecule has 0 bridgehead atoms. The lowest BCUT2D eigenvalue weighted by atomic mass is 10.0. The second kappa shape index (κ2) is 5.44. The van der Waals surface area contributed by atoms with E-state index in [4.69, 9.17) is 19.9 Å². The molecule has 4 nitrogen and oxygen atoms in total. The van der Waals surface area contributed by atoms with Gasteiger partial charge in [-0.2, -0.15) is 0 Å². The molecule has 1 aromatic carbocycles. The molecule has 0 aromatic heterocycles. The van der Waals surface area contributed by atoms with Gasteiger partial charge in [-0.05, 0) is 17.7 Å². The van der Waals surface area contributed by atoms with Crippen LogP contribution >= 0.6 is 0 Å². The number of rotatable bonds is 4. The molecule has 1 saturated heterocycles. The van der Waals surface area contributed by atoms with Crippen molar-refractivity contribution in [2.75, 3.05) is 20.3 Å². The second-order valence-corrected chi connectivity index (χ2v) is 3.91. The molecule has 0 amide bonds. The molecule has 1 unspecified atom stereocenters. The van der Waals surface area contributed by atoms with Gasteiger partial charge in [0, 0.05) is 12.5 Å². The molecule has 1 fully saturated rings. The predicted octanol–water partition coefficient (Wildman–Crippen LogP) is 1.60. The van der Waals surface area contributed by atoms with Crippen molar-refractivity contribution in [3.8, 4) is 5.75 Å². The van der Waals surface area contributed by atoms with Gasteiger partial charge in [0.25, 0.3) is 0 Å². The smallest absolute Gasteiger partial charge is 0.165 e. The minimum atomic E-state index is -0.409. The summed E-state index contributed by atoms with van der Waals surface area (Å²) in [6.45, 7) is 1.18. The molecule has 2 rings (SSSR count). The summed E-state index contributed by atoms with van der Waals surface area (Å²) in [5, 5.41) is 0. The minimum Gasteiger partial charge on any atom is -0.494 e. The highest BCUT2D eigenvalue weighted by molar-refractivity contribution is 5.30. The summed E-state index contributed by atoms with van der Waals surface area (Å²) in [7, 11) is 1.43. The Bertz CT molecular complexity index is 380. The van der Waals surface area contributed by atoms with E-state index in [0.717, 1.165) is 0 Å². The lowest BCUT2D eigenvalue weighted by molar-refractivity contribution is -0.0507. The lowest BCUT2D eigenvalue weighted by Crippen LogP contribution is -2.19. The average Bonchev–Trinajstić information content (AvgIpc) is 2.81. The van der Waals surface area contributed by atoms with Crippen LogP contribution < -0.4 is 10.5 Å². The molecule has 0 aliphatic carbocycles. The van der Waals surface area contributed by atoms with Gasteiger partial charge in [0.05, 0.1) is 20.3 Å². The normalized spacial score (nSPS) is 18.3. The van der Waals surface area contributed by atoms with Crippen LogP contribution in [0.5, 0.6) is 5.75 Å². The summed E-state index contributed by atoms with van der Waals surface area (Å²) in [6, 6.07) is 4.40. The van der Waals surface area contributed by atoms with Crippen molar-refractivity contribution in [1.82, 2.24) is 0 Å². The van der Waals surface area contributed by atoms with Gasteiger partial charge in [0.1, 0.15) is 0 Å². The molecular weight excluding hydrogens is 225 g/mol. The van der Waals surface area contributed by atoms with E-state index in [1.807, 2.05) is 0 Å². The first-order valence-electron chi connectivity index (χ1n) is 5.53. The van der Waals surface area contributed by atoms with Crippen LogP contribution in [0.2, 0.25) is 0 Å². The molecule has 1 heterocycles. The van der Waals surface area contributed by atoms with Crippen molar-refractivity contribution >= 4 is 0 Å². The molecule has 0 saturated carbocycles. The maximum Gasteiger partial charge on any atom is 0.165 e. The summed E-state index contributed by atoms with van der Waals surface area (Å²) in [5.41, 5.74) is 6.68. The average molecular weight is 241 g/mol. The first-order chi connectivity index (χ1) is 8.20. The quantitative estimate of drug-likeness (QED) is 0.869. The first-order valence-corrected chi connectivity index (χ1v) is 5.53. The van der Waals surface area contributed by atoms with Gasteiger partial charge in [-0.15, -0.1) is 0 Å². The number of ether oxygens (including phenoxy) is 3. The van der Waals surface area contributed by atoms with E-state index in [1.165, 1.54) is 13.2 Å². The Morgan fingerprint density at radius 3 is 2.76 bits per heavy atom. The van der Waals surface area contributed by atoms with Crippen LogP contribution in [0.4, 0.5) is 4.39 Å². The largest absolute Gasteiger partial charge is 0.494 e. The number of hydrogen-bond donors (Lipinski definition) is 1. The topological polar surface area (TPSA) is 53.7 Å². The second-order valence-electron chi connectivity index (χ2n) is 3.91. The monoisotopic (exact) mass is 241 g/mol. The maximum absolute atomic E-state index is 13.5. The Hall–Kier alpha value is -1.17. The molecule has 1 atom stereocenters. The maximum atomic E-state index is 13.5. The molecule has 5 heteroatoms. The highest BCUT2D eigenvalue weighted by Gasteiger charge is 2.20. The summed E-state index contributed by atoms with van der Waals surface area (Å²) >= 11 is 0. The van der Waals surface area contributed by atoms with E-state index in [9.17, 15) is 4.39 Å². The molecule has 2 N–H and O–H groups in total. The molecule has 1 aromatic rings. The first kappa shape index (κ1) is 12.3. The summed E-state index contributed by atoms with van der Waals surface area (Å²) in [4.78, 5) is 0. The van der Waals surface area contributed by atoms with Crippen LogP contribution in [0.25, 0.3) is 0 Å². The fourth-order valence-electron chi connectivity index (χ4n) is 1.80. The Kier molecular flexibility index (Phi) is 3.93. The lowest BCUT2D eigenvalue weighted by Gasteiger charge is -2.16. The molecule has 0 radical (unpaired) electrons. The number of benzene rings is 1. The highest BCUT2D eigenvalue weighted by atomic mass is 19.1. The summed E-state index contributed by atoms with van der Waals surface area (Å²) < 4.78 is 28.9. The number of halogens is 1. The Morgan fingerprint density at radius 1 is 1.47 bits per heavy atom. The van der Waals surface area contributed by atoms with Crippen LogP contribution in [0.3, 0.4) is 0 Å². The van der Waals surface area contributed by atoms with Crippen LogP contribution in [-0.2, 0) is 9.47 Å². The van der Waals surface area contributed by atoms with Gasteiger partial charge < -0.3 is 19.9 Å². The molecule has 17 heavy (non-hydrogen) atoms. The molecule has 1 aliphatic rings. The minimum absolute atomic E-state index is 0.217. The van der Waals surface area contributed by atoms with E-state index >= 15 is 0 Å². The van der Waals surface area contributed by atoms with E-state index < -0.39 is 5.82 Å². The predicted molar refractivity (Wildman–Crippen MR) is 60.2 cm³/mol. The van der Waals surface area contributed by atoms with Crippen LogP contribution in [0.1, 0.15) is 18.0 Å². The third-order valence-corrected chi connectivity index (χ3v) is 2.74. The van der Waals surface area contributed by atoms with Crippen LogP contribution in [-0.4, -0.2) is 26.6 Å². The Morgan fingerprint density at radius 2 is 2.18 bits per heavy atom. The van der Waals surface area contributed by atoms with E-state index in [1.54, 1.807) is 12.1 Å². The Balaban J connectivity index is 2.02. The van der Waals surface area contributed by atoms with E-state index in [-0.39, 0.29) is 18.1 Å². The summed E-state index contributed by atoms with van der Waals surface area (Å²) in [6.07, 6.45) is 0.237. The Labute approximate surface area is 99.5 Å². The molecular formula is C12H16FNO3. The zero-order valence-corrected chi connectivity index (χ0v) is 9.69. The third kappa shape index (κ3) is 2.94. The van der Waals surface area contributed by atoms with Crippen LogP contribution in [0, 0.1) is 5.82 Å². The van der Waals surface area contributed by atoms with Gasteiger partial charge >= 0.3 is 0 Å². The van der Waals surface area contributed by atoms with Crippen molar-refractivity contribution < 1.29 is 18.6 Å². The number of nitrogens with two attached hydrogens (primary N) is 1. The number of hydrogen-bond acceptors (Lipinski definition) is 4. The molecule has 0 spiro atoms. The van der Waals surface area contributed by atoms with Gasteiger partial charge in [0.2, 0.25) is 0 Å². The molecule has 1 aliphatic heterocycles. The van der Waals surface area contributed by atoms with Crippen molar-refractivity contribution in [3.63, 3.8) is 0 Å². The van der Waals surface area contributed by atoms with Crippen molar-refractivity contribution in [3.05, 3.63) is 29.6 Å². The van der Waals surface area contributed by atoms with Gasteiger partial charge in [0.15, 0.2) is 17.9 Å². The zero-order chi connectivity index (χ0) is 12.3. The third-order valence-electron chi connectivity index (χ3n) is 2.74. The standard InChI is InChI=1S/C12H16FNO3/c1-15-11-3-2-8(6-9(11)13)10(14)7-12-16-4-5-17-12/h2-3,6,10,12H,4-5,7,14H2,1H3. The van der Waals surface area contributed by atoms with Crippen molar-refractivity contribution in [2.45, 2.75) is 18.8 Å². The number of methoxy groups -OCH3 is 1. The zero-order valence-electron chi connectivity index (χ0n) is 9.69. The van der Waals surface area contributed by atoms with Crippen molar-refractivity contribution in [1.29, 1.82) is 0 Å². The van der Waals surface area contributed by atoms with Gasteiger partial charge in [-0.1, -0.05) is 6.07 Å². The highest BCUT2D eigenvalue weighted by Crippen LogP contribution is 2.24.